The summed E-state index contributed by atoms with van der Waals surface area (Å²) in [6.07, 6.45) is 11.8. The summed E-state index contributed by atoms with van der Waals surface area (Å²) in [6.45, 7) is 12.3. The van der Waals surface area contributed by atoms with Gasteiger partial charge in [0.1, 0.15) is 17.3 Å². The van der Waals surface area contributed by atoms with Crippen LogP contribution in [0.15, 0.2) is 22.3 Å². The molecule has 0 radical (unpaired) electrons. The van der Waals surface area contributed by atoms with Crippen LogP contribution in [0, 0.1) is 5.41 Å². The van der Waals surface area contributed by atoms with Crippen LogP contribution in [0.3, 0.4) is 0 Å². The third-order valence-corrected chi connectivity index (χ3v) is 4.94. The number of furan rings is 1. The minimum atomic E-state index is -0.513. The molecule has 0 saturated heterocycles. The third kappa shape index (κ3) is 8.67. The Hall–Kier alpha value is -1.51. The molecule has 0 aromatic carbocycles. The van der Waals surface area contributed by atoms with Crippen LogP contribution in [0.5, 0.6) is 0 Å². The highest BCUT2D eigenvalue weighted by Gasteiger charge is 2.26. The summed E-state index contributed by atoms with van der Waals surface area (Å²) < 4.78 is 12.1. The van der Waals surface area contributed by atoms with Crippen LogP contribution >= 0.6 is 0 Å². The van der Waals surface area contributed by atoms with Crippen molar-refractivity contribution in [2.45, 2.75) is 112 Å². The van der Waals surface area contributed by atoms with Gasteiger partial charge >= 0.3 is 5.97 Å². The molecule has 0 saturated carbocycles. The Balaban J connectivity index is 3.10. The summed E-state index contributed by atoms with van der Waals surface area (Å²) in [7, 11) is 0. The minimum Gasteiger partial charge on any atom is -0.461 e. The zero-order chi connectivity index (χ0) is 21.0. The van der Waals surface area contributed by atoms with Gasteiger partial charge in [0.25, 0.3) is 0 Å². The number of esters is 1. The van der Waals surface area contributed by atoms with Crippen LogP contribution in [-0.2, 0) is 16.0 Å². The maximum atomic E-state index is 12.6. The fraction of sp³-hybridized carbons (Fsp3) is 0.720. The molecule has 1 aromatic rings. The van der Waals surface area contributed by atoms with Crippen LogP contribution in [0.2, 0.25) is 0 Å². The van der Waals surface area contributed by atoms with E-state index in [9.17, 15) is 4.79 Å². The number of carbonyl (C=O) groups is 1. The Morgan fingerprint density at radius 2 is 1.54 bits per heavy atom. The molecule has 0 aliphatic carbocycles. The fourth-order valence-corrected chi connectivity index (χ4v) is 3.02. The van der Waals surface area contributed by atoms with Gasteiger partial charge in [0.2, 0.25) is 0 Å². The monoisotopic (exact) mass is 390 g/mol. The summed E-state index contributed by atoms with van der Waals surface area (Å²) in [6, 6.07) is 4.16. The number of ether oxygens (including phenoxy) is 1. The third-order valence-electron chi connectivity index (χ3n) is 4.94. The van der Waals surface area contributed by atoms with E-state index in [0.29, 0.717) is 0 Å². The molecular formula is C25H42O3. The van der Waals surface area contributed by atoms with Crippen LogP contribution in [-0.4, -0.2) is 5.97 Å². The maximum Gasteiger partial charge on any atom is 0.316 e. The van der Waals surface area contributed by atoms with Crippen molar-refractivity contribution in [1.82, 2.24) is 0 Å². The smallest absolute Gasteiger partial charge is 0.316 e. The average molecular weight is 391 g/mol. The van der Waals surface area contributed by atoms with E-state index in [4.69, 9.17) is 9.15 Å². The van der Waals surface area contributed by atoms with E-state index in [1.165, 1.54) is 19.3 Å². The summed E-state index contributed by atoms with van der Waals surface area (Å²) in [4.78, 5) is 12.6. The summed E-state index contributed by atoms with van der Waals surface area (Å²) in [5.41, 5.74) is 0.564. The average Bonchev–Trinajstić information content (AvgIpc) is 3.11. The van der Waals surface area contributed by atoms with Crippen LogP contribution in [0.25, 0.3) is 5.57 Å². The van der Waals surface area contributed by atoms with Crippen molar-refractivity contribution in [3.63, 3.8) is 0 Å². The predicted octanol–water partition coefficient (Wildman–Crippen LogP) is 8.08. The minimum absolute atomic E-state index is 0.168. The molecule has 160 valence electrons. The fourth-order valence-electron chi connectivity index (χ4n) is 3.02. The number of hydrogen-bond acceptors (Lipinski definition) is 3. The number of hydrogen-bond donors (Lipinski definition) is 0. The van der Waals surface area contributed by atoms with Gasteiger partial charge in [0.05, 0.1) is 5.41 Å². The second kappa shape index (κ2) is 12.9. The maximum absolute atomic E-state index is 12.6. The highest BCUT2D eigenvalue weighted by atomic mass is 16.5. The topological polar surface area (TPSA) is 39.4 Å². The second-order valence-electron chi connectivity index (χ2n) is 8.82. The lowest BCUT2D eigenvalue weighted by Crippen LogP contribution is -2.23. The molecule has 1 aromatic heterocycles. The van der Waals surface area contributed by atoms with Crippen LogP contribution in [0.4, 0.5) is 0 Å². The first-order valence-electron chi connectivity index (χ1n) is 11.4. The summed E-state index contributed by atoms with van der Waals surface area (Å²) in [5.74, 6) is 2.56. The first-order valence-corrected chi connectivity index (χ1v) is 11.4. The molecule has 3 nitrogen and oxygen atoms in total. The number of aryl methyl sites for hydroxylation is 1. The van der Waals surface area contributed by atoms with E-state index in [1.54, 1.807) is 0 Å². The lowest BCUT2D eigenvalue weighted by molar-refractivity contribution is -0.148. The highest BCUT2D eigenvalue weighted by Crippen LogP contribution is 2.32. The van der Waals surface area contributed by atoms with Gasteiger partial charge in [-0.05, 0) is 58.6 Å². The number of allylic oxidation sites excluding steroid dienone is 2. The largest absolute Gasteiger partial charge is 0.461 e. The lowest BCUT2D eigenvalue weighted by Gasteiger charge is -2.20. The zero-order valence-electron chi connectivity index (χ0n) is 19.2. The Morgan fingerprint density at radius 3 is 2.14 bits per heavy atom. The quantitative estimate of drug-likeness (QED) is 0.194. The van der Waals surface area contributed by atoms with Gasteiger partial charge in [-0.15, -0.1) is 0 Å². The van der Waals surface area contributed by atoms with E-state index in [-0.39, 0.29) is 5.97 Å². The van der Waals surface area contributed by atoms with E-state index >= 15 is 0 Å². The van der Waals surface area contributed by atoms with Crippen LogP contribution in [0.1, 0.15) is 117 Å². The van der Waals surface area contributed by atoms with Crippen molar-refractivity contribution >= 4 is 11.5 Å². The molecule has 0 amide bonds. The molecule has 3 heteroatoms. The second-order valence-corrected chi connectivity index (χ2v) is 8.82. The van der Waals surface area contributed by atoms with Crippen molar-refractivity contribution < 1.29 is 13.9 Å². The van der Waals surface area contributed by atoms with E-state index < -0.39 is 5.41 Å². The Morgan fingerprint density at radius 1 is 0.893 bits per heavy atom. The molecule has 0 spiro atoms. The Kier molecular flexibility index (Phi) is 11.3. The molecule has 1 heterocycles. The molecule has 0 aliphatic heterocycles. The van der Waals surface area contributed by atoms with E-state index in [2.05, 4.69) is 32.9 Å². The molecule has 0 unspecified atom stereocenters. The summed E-state index contributed by atoms with van der Waals surface area (Å²) >= 11 is 0. The van der Waals surface area contributed by atoms with E-state index in [0.717, 1.165) is 74.2 Å². The number of unbranched alkanes of at least 4 members (excludes halogenated alkanes) is 5. The zero-order valence-corrected chi connectivity index (χ0v) is 19.2. The van der Waals surface area contributed by atoms with Gasteiger partial charge in [-0.3, -0.25) is 4.79 Å². The molecule has 0 aliphatic rings. The normalized spacial score (nSPS) is 12.8. The molecule has 1 rings (SSSR count). The predicted molar refractivity (Wildman–Crippen MR) is 118 cm³/mol. The van der Waals surface area contributed by atoms with Crippen molar-refractivity contribution in [3.05, 3.63) is 29.4 Å². The molecule has 0 atom stereocenters. The first kappa shape index (κ1) is 24.5. The number of carbonyl (C=O) groups excluding carboxylic acids is 1. The van der Waals surface area contributed by atoms with Crippen molar-refractivity contribution in [2.24, 2.45) is 5.41 Å². The van der Waals surface area contributed by atoms with Crippen LogP contribution < -0.4 is 0 Å². The SMILES string of the molecule is CCCCCCc1ccc(/C(CCCC)=C(\CCCC)OC(=O)C(C)(C)C)o1. The molecule has 0 fully saturated rings. The molecular weight excluding hydrogens is 348 g/mol. The van der Waals surface area contributed by atoms with Crippen molar-refractivity contribution in [2.75, 3.05) is 0 Å². The number of rotatable bonds is 13. The molecule has 0 N–H and O–H groups in total. The first-order chi connectivity index (χ1) is 13.3. The standard InChI is InChI=1S/C25H42O3/c1-7-10-13-14-15-20-18-19-23(27-20)21(16-11-8-2)22(17-12-9-3)28-24(26)25(4,5)6/h18-19H,7-17H2,1-6H3/b22-21+. The Labute approximate surface area is 172 Å². The van der Waals surface area contributed by atoms with Gasteiger partial charge < -0.3 is 9.15 Å². The lowest BCUT2D eigenvalue weighted by atomic mass is 9.97. The van der Waals surface area contributed by atoms with E-state index in [1.807, 2.05) is 20.8 Å². The Bertz CT molecular complexity index is 602. The summed E-state index contributed by atoms with van der Waals surface area (Å²) in [5, 5.41) is 0. The van der Waals surface area contributed by atoms with Crippen molar-refractivity contribution in [1.29, 1.82) is 0 Å². The van der Waals surface area contributed by atoms with Gasteiger partial charge in [-0.2, -0.15) is 0 Å². The van der Waals surface area contributed by atoms with Gasteiger partial charge in [-0.1, -0.05) is 52.9 Å². The van der Waals surface area contributed by atoms with Gasteiger partial charge in [-0.25, -0.2) is 0 Å². The van der Waals surface area contributed by atoms with Gasteiger partial charge in [0.15, 0.2) is 0 Å². The van der Waals surface area contributed by atoms with Crippen molar-refractivity contribution in [3.8, 4) is 0 Å². The molecule has 0 bridgehead atoms. The molecule has 28 heavy (non-hydrogen) atoms. The highest BCUT2D eigenvalue weighted by molar-refractivity contribution is 5.78. The van der Waals surface area contributed by atoms with Gasteiger partial charge in [0, 0.05) is 18.4 Å².